The van der Waals surface area contributed by atoms with Crippen LogP contribution in [0.1, 0.15) is 33.5 Å². The van der Waals surface area contributed by atoms with Crippen molar-refractivity contribution in [2.75, 3.05) is 20.1 Å². The predicted octanol–water partition coefficient (Wildman–Crippen LogP) is 0.528. The summed E-state index contributed by atoms with van der Waals surface area (Å²) in [7, 11) is 1.49. The Morgan fingerprint density at radius 1 is 1.32 bits per heavy atom. The maximum absolute atomic E-state index is 12.2. The number of amides is 5. The van der Waals surface area contributed by atoms with Crippen molar-refractivity contribution in [2.24, 2.45) is 5.92 Å². The average molecular weight is 364 g/mol. The van der Waals surface area contributed by atoms with Gasteiger partial charge >= 0.3 is 6.03 Å². The van der Waals surface area contributed by atoms with E-state index in [1.54, 1.807) is 0 Å². The summed E-state index contributed by atoms with van der Waals surface area (Å²) in [5.41, 5.74) is 5.80. The van der Waals surface area contributed by atoms with E-state index in [1.807, 2.05) is 6.07 Å². The molecule has 0 radical (unpaired) electrons. The highest BCUT2D eigenvalue weighted by molar-refractivity contribution is 7.14. The van der Waals surface area contributed by atoms with Gasteiger partial charge in [0.05, 0.1) is 4.88 Å². The number of rotatable bonds is 3. The molecule has 1 atom stereocenters. The van der Waals surface area contributed by atoms with E-state index in [2.05, 4.69) is 17.8 Å². The Kier molecular flexibility index (Phi) is 4.76. The van der Waals surface area contributed by atoms with Gasteiger partial charge in [-0.3, -0.25) is 30.1 Å². The molecule has 9 heteroatoms. The van der Waals surface area contributed by atoms with Gasteiger partial charge < -0.3 is 4.90 Å². The summed E-state index contributed by atoms with van der Waals surface area (Å²) >= 11 is 1.44. The zero-order valence-corrected chi connectivity index (χ0v) is 14.9. The second-order valence-corrected chi connectivity index (χ2v) is 7.66. The number of hydrogen-bond acceptors (Lipinski definition) is 5. The monoisotopic (exact) mass is 364 g/mol. The van der Waals surface area contributed by atoms with E-state index in [-0.39, 0.29) is 6.54 Å². The van der Waals surface area contributed by atoms with Gasteiger partial charge in [0.2, 0.25) is 0 Å². The first-order valence-electron chi connectivity index (χ1n) is 8.11. The lowest BCUT2D eigenvalue weighted by atomic mass is 9.90. The van der Waals surface area contributed by atoms with E-state index in [9.17, 15) is 19.2 Å². The summed E-state index contributed by atoms with van der Waals surface area (Å²) < 4.78 is 0. The molecule has 1 aliphatic carbocycles. The van der Waals surface area contributed by atoms with Crippen LogP contribution in [0.2, 0.25) is 0 Å². The second-order valence-electron chi connectivity index (χ2n) is 6.53. The van der Waals surface area contributed by atoms with Gasteiger partial charge in [-0.1, -0.05) is 6.92 Å². The number of aryl methyl sites for hydroxylation is 1. The summed E-state index contributed by atoms with van der Waals surface area (Å²) in [6, 6.07) is 1.35. The number of nitrogens with zero attached hydrogens (tertiary/aromatic N) is 2. The Hall–Kier alpha value is -2.42. The van der Waals surface area contributed by atoms with Crippen LogP contribution in [0, 0.1) is 5.92 Å². The highest BCUT2D eigenvalue weighted by Gasteiger charge is 2.34. The van der Waals surface area contributed by atoms with Crippen LogP contribution in [0.5, 0.6) is 0 Å². The molecule has 1 saturated heterocycles. The molecule has 0 unspecified atom stereocenters. The first-order valence-corrected chi connectivity index (χ1v) is 8.93. The molecule has 1 fully saturated rings. The minimum Gasteiger partial charge on any atom is -0.318 e. The first-order chi connectivity index (χ1) is 11.8. The van der Waals surface area contributed by atoms with Gasteiger partial charge in [0.25, 0.3) is 17.7 Å². The maximum Gasteiger partial charge on any atom is 0.327 e. The van der Waals surface area contributed by atoms with Crippen LogP contribution in [-0.2, 0) is 22.4 Å². The molecular weight excluding hydrogens is 344 g/mol. The number of imide groups is 1. The molecular formula is C16H20N4O4S. The van der Waals surface area contributed by atoms with Crippen LogP contribution in [0.15, 0.2) is 6.07 Å². The third-order valence-corrected chi connectivity index (χ3v) is 5.64. The number of thiophene rings is 1. The average Bonchev–Trinajstić information content (AvgIpc) is 3.08. The third kappa shape index (κ3) is 3.65. The van der Waals surface area contributed by atoms with Gasteiger partial charge in [-0.2, -0.15) is 0 Å². The van der Waals surface area contributed by atoms with Crippen molar-refractivity contribution < 1.29 is 19.2 Å². The van der Waals surface area contributed by atoms with E-state index in [0.29, 0.717) is 10.8 Å². The topological polar surface area (TPSA) is 98.8 Å². The summed E-state index contributed by atoms with van der Waals surface area (Å²) in [5.74, 6) is -0.836. The Bertz CT molecular complexity index is 744. The number of likely N-dealkylation sites (N-methyl/N-ethyl adjacent to an activating group) is 1. The molecule has 1 aromatic heterocycles. The predicted molar refractivity (Wildman–Crippen MR) is 90.9 cm³/mol. The zero-order chi connectivity index (χ0) is 18.1. The quantitative estimate of drug-likeness (QED) is 0.604. The molecule has 8 nitrogen and oxygen atoms in total. The van der Waals surface area contributed by atoms with E-state index in [0.717, 1.165) is 24.2 Å². The summed E-state index contributed by atoms with van der Waals surface area (Å²) in [6.45, 7) is 1.73. The van der Waals surface area contributed by atoms with E-state index in [1.165, 1.54) is 33.7 Å². The van der Waals surface area contributed by atoms with Gasteiger partial charge in [0.15, 0.2) is 0 Å². The van der Waals surface area contributed by atoms with Crippen molar-refractivity contribution in [2.45, 2.75) is 26.2 Å². The standard InChI is InChI=1S/C16H20N4O4S/c1-9-3-4-11-10(5-9)6-12(25-11)15(23)18-17-13(21)7-20-14(22)8-19(2)16(20)24/h6,9H,3-5,7-8H2,1-2H3,(H,17,21)(H,18,23)/t9-/m1/s1. The van der Waals surface area contributed by atoms with Gasteiger partial charge in [-0.25, -0.2) is 4.79 Å². The highest BCUT2D eigenvalue weighted by atomic mass is 32.1. The van der Waals surface area contributed by atoms with Crippen LogP contribution in [-0.4, -0.2) is 53.7 Å². The lowest BCUT2D eigenvalue weighted by Gasteiger charge is -2.16. The van der Waals surface area contributed by atoms with E-state index < -0.39 is 30.3 Å². The molecule has 0 aromatic carbocycles. The molecule has 25 heavy (non-hydrogen) atoms. The highest BCUT2D eigenvalue weighted by Crippen LogP contribution is 2.32. The number of carbonyl (C=O) groups is 4. The van der Waals surface area contributed by atoms with Crippen LogP contribution in [0.4, 0.5) is 4.79 Å². The number of carbonyl (C=O) groups excluding carboxylic acids is 4. The Morgan fingerprint density at radius 2 is 2.08 bits per heavy atom. The molecule has 1 aromatic rings. The van der Waals surface area contributed by atoms with Crippen LogP contribution < -0.4 is 10.9 Å². The Labute approximate surface area is 149 Å². The number of fused-ring (bicyclic) bond motifs is 1. The van der Waals surface area contributed by atoms with E-state index in [4.69, 9.17) is 0 Å². The van der Waals surface area contributed by atoms with Crippen LogP contribution in [0.3, 0.4) is 0 Å². The van der Waals surface area contributed by atoms with Crippen molar-refractivity contribution in [1.29, 1.82) is 0 Å². The zero-order valence-electron chi connectivity index (χ0n) is 14.1. The molecule has 134 valence electrons. The lowest BCUT2D eigenvalue weighted by Crippen LogP contribution is -2.47. The molecule has 1 aliphatic heterocycles. The normalized spacial score (nSPS) is 19.8. The smallest absolute Gasteiger partial charge is 0.318 e. The van der Waals surface area contributed by atoms with Crippen molar-refractivity contribution in [3.8, 4) is 0 Å². The minimum atomic E-state index is -0.625. The fraction of sp³-hybridized carbons (Fsp3) is 0.500. The third-order valence-electron chi connectivity index (χ3n) is 4.40. The van der Waals surface area contributed by atoms with Crippen LogP contribution in [0.25, 0.3) is 0 Å². The van der Waals surface area contributed by atoms with Gasteiger partial charge in [0.1, 0.15) is 13.1 Å². The summed E-state index contributed by atoms with van der Waals surface area (Å²) in [6.07, 6.45) is 3.07. The van der Waals surface area contributed by atoms with Crippen molar-refractivity contribution >= 4 is 35.1 Å². The molecule has 2 aliphatic rings. The van der Waals surface area contributed by atoms with Gasteiger partial charge in [-0.05, 0) is 36.8 Å². The SMILES string of the molecule is C[C@@H]1CCc2sc(C(=O)NNC(=O)CN3C(=O)CN(C)C3=O)cc2C1. The molecule has 2 N–H and O–H groups in total. The molecule has 2 heterocycles. The molecule has 0 saturated carbocycles. The van der Waals surface area contributed by atoms with Crippen LogP contribution >= 0.6 is 11.3 Å². The van der Waals surface area contributed by atoms with Gasteiger partial charge in [-0.15, -0.1) is 11.3 Å². The van der Waals surface area contributed by atoms with Gasteiger partial charge in [0, 0.05) is 11.9 Å². The molecule has 0 spiro atoms. The molecule has 5 amide bonds. The number of hydrazine groups is 1. The molecule has 0 bridgehead atoms. The minimum absolute atomic E-state index is 0.0440. The first kappa shape index (κ1) is 17.4. The van der Waals surface area contributed by atoms with Crippen molar-refractivity contribution in [3.63, 3.8) is 0 Å². The van der Waals surface area contributed by atoms with Crippen molar-refractivity contribution in [1.82, 2.24) is 20.7 Å². The summed E-state index contributed by atoms with van der Waals surface area (Å²) in [4.78, 5) is 51.3. The fourth-order valence-electron chi connectivity index (χ4n) is 3.01. The van der Waals surface area contributed by atoms with Crippen molar-refractivity contribution in [3.05, 3.63) is 21.4 Å². The fourth-order valence-corrected chi connectivity index (χ4v) is 4.12. The number of urea groups is 1. The largest absolute Gasteiger partial charge is 0.327 e. The summed E-state index contributed by atoms with van der Waals surface area (Å²) in [5, 5.41) is 0. The number of hydrogen-bond donors (Lipinski definition) is 2. The number of nitrogens with one attached hydrogen (secondary N) is 2. The Balaban J connectivity index is 1.53. The maximum atomic E-state index is 12.2. The van der Waals surface area contributed by atoms with E-state index >= 15 is 0 Å². The lowest BCUT2D eigenvalue weighted by molar-refractivity contribution is -0.131. The Morgan fingerprint density at radius 3 is 2.76 bits per heavy atom. The second kappa shape index (κ2) is 6.83. The molecule has 3 rings (SSSR count).